The molecule has 0 atom stereocenters. The van der Waals surface area contributed by atoms with Crippen LogP contribution in [0.2, 0.25) is 0 Å². The molecule has 0 radical (unpaired) electrons. The van der Waals surface area contributed by atoms with Crippen molar-refractivity contribution in [1.29, 1.82) is 0 Å². The predicted octanol–water partition coefficient (Wildman–Crippen LogP) is 4.20. The third-order valence-electron chi connectivity index (χ3n) is 4.08. The minimum Gasteiger partial charge on any atom is -0.493 e. The molecule has 0 unspecified atom stereocenters. The third kappa shape index (κ3) is 3.48. The van der Waals surface area contributed by atoms with Crippen LogP contribution < -0.4 is 9.47 Å². The van der Waals surface area contributed by atoms with E-state index in [-0.39, 0.29) is 5.97 Å². The van der Waals surface area contributed by atoms with Crippen LogP contribution in [-0.4, -0.2) is 18.1 Å². The molecular weight excluding hydrogens is 302 g/mol. The van der Waals surface area contributed by atoms with Crippen molar-refractivity contribution in [3.05, 3.63) is 52.8 Å². The van der Waals surface area contributed by atoms with Crippen LogP contribution in [0, 0.1) is 6.92 Å². The molecular formula is C20H21NO3. The molecule has 1 aromatic carbocycles. The summed E-state index contributed by atoms with van der Waals surface area (Å²) in [7, 11) is 1.57. The second-order valence-electron chi connectivity index (χ2n) is 6.05. The molecule has 1 aliphatic rings. The Morgan fingerprint density at radius 2 is 2.04 bits per heavy atom. The number of rotatable bonds is 3. The zero-order chi connectivity index (χ0) is 17.1. The van der Waals surface area contributed by atoms with E-state index >= 15 is 0 Å². The number of hydrogen-bond donors (Lipinski definition) is 0. The molecule has 24 heavy (non-hydrogen) atoms. The normalized spacial score (nSPS) is 15.0. The number of pyridine rings is 1. The summed E-state index contributed by atoms with van der Waals surface area (Å²) in [5, 5.41) is 0. The molecule has 3 rings (SSSR count). The summed E-state index contributed by atoms with van der Waals surface area (Å²) in [6.45, 7) is 3.45. The van der Waals surface area contributed by atoms with Gasteiger partial charge in [-0.2, -0.15) is 0 Å². The molecule has 0 bridgehead atoms. The first kappa shape index (κ1) is 16.2. The number of carbonyl (C=O) groups excluding carboxylic acids is 1. The monoisotopic (exact) mass is 323 g/mol. The fourth-order valence-corrected chi connectivity index (χ4v) is 3.05. The van der Waals surface area contributed by atoms with Gasteiger partial charge < -0.3 is 9.47 Å². The molecule has 0 saturated carbocycles. The fourth-order valence-electron chi connectivity index (χ4n) is 3.05. The number of benzene rings is 1. The van der Waals surface area contributed by atoms with Gasteiger partial charge in [-0.05, 0) is 66.7 Å². The molecule has 1 heterocycles. The van der Waals surface area contributed by atoms with E-state index in [0.717, 1.165) is 30.5 Å². The molecule has 0 saturated heterocycles. The van der Waals surface area contributed by atoms with Crippen molar-refractivity contribution in [2.45, 2.75) is 33.1 Å². The number of fused-ring (bicyclic) bond motifs is 1. The molecule has 1 aliphatic carbocycles. The highest BCUT2D eigenvalue weighted by atomic mass is 16.6. The Labute approximate surface area is 142 Å². The second-order valence-corrected chi connectivity index (χ2v) is 6.05. The van der Waals surface area contributed by atoms with Crippen LogP contribution >= 0.6 is 0 Å². The molecule has 1 aromatic heterocycles. The molecule has 4 nitrogen and oxygen atoms in total. The first-order valence-corrected chi connectivity index (χ1v) is 8.10. The van der Waals surface area contributed by atoms with Gasteiger partial charge in [0.2, 0.25) is 0 Å². The number of esters is 1. The molecule has 0 aliphatic heterocycles. The first-order chi connectivity index (χ1) is 11.6. The molecule has 0 amide bonds. The van der Waals surface area contributed by atoms with Gasteiger partial charge in [0, 0.05) is 13.1 Å². The number of nitrogens with zero attached hydrogens (tertiary/aromatic N) is 1. The maximum Gasteiger partial charge on any atom is 0.308 e. The highest BCUT2D eigenvalue weighted by Crippen LogP contribution is 2.33. The molecule has 124 valence electrons. The first-order valence-electron chi connectivity index (χ1n) is 8.10. The summed E-state index contributed by atoms with van der Waals surface area (Å²) >= 11 is 0. The van der Waals surface area contributed by atoms with Gasteiger partial charge in [-0.1, -0.05) is 12.1 Å². The summed E-state index contributed by atoms with van der Waals surface area (Å²) in [6.07, 6.45) is 7.28. The third-order valence-corrected chi connectivity index (χ3v) is 4.08. The highest BCUT2D eigenvalue weighted by Gasteiger charge is 2.16. The Balaban J connectivity index is 1.96. The van der Waals surface area contributed by atoms with E-state index in [1.165, 1.54) is 23.6 Å². The molecule has 0 fully saturated rings. The van der Waals surface area contributed by atoms with E-state index in [0.29, 0.717) is 11.5 Å². The van der Waals surface area contributed by atoms with Gasteiger partial charge in [0.05, 0.1) is 12.8 Å². The number of carbonyl (C=O) groups is 1. The average molecular weight is 323 g/mol. The van der Waals surface area contributed by atoms with Gasteiger partial charge in [0.25, 0.3) is 0 Å². The minimum atomic E-state index is -0.361. The van der Waals surface area contributed by atoms with E-state index in [1.807, 2.05) is 18.3 Å². The smallest absolute Gasteiger partial charge is 0.308 e. The van der Waals surface area contributed by atoms with Crippen LogP contribution in [0.3, 0.4) is 0 Å². The Morgan fingerprint density at radius 3 is 2.79 bits per heavy atom. The van der Waals surface area contributed by atoms with Gasteiger partial charge in [-0.15, -0.1) is 0 Å². The highest BCUT2D eigenvalue weighted by molar-refractivity contribution is 5.83. The largest absolute Gasteiger partial charge is 0.493 e. The van der Waals surface area contributed by atoms with Crippen LogP contribution in [0.5, 0.6) is 11.5 Å². The fraction of sp³-hybridized carbons (Fsp3) is 0.300. The second kappa shape index (κ2) is 6.87. The van der Waals surface area contributed by atoms with Crippen LogP contribution in [-0.2, 0) is 11.2 Å². The topological polar surface area (TPSA) is 48.4 Å². The Morgan fingerprint density at radius 1 is 1.21 bits per heavy atom. The van der Waals surface area contributed by atoms with E-state index in [1.54, 1.807) is 13.2 Å². The molecule has 2 aromatic rings. The van der Waals surface area contributed by atoms with E-state index in [9.17, 15) is 4.79 Å². The standard InChI is InChI=1S/C20H21NO3/c1-13-9-16-5-4-6-17(20(16)21-12-13)10-15-7-8-18(24-14(2)22)19(11-15)23-3/h7-12H,4-6H2,1-3H3/b17-10+. The maximum absolute atomic E-state index is 11.1. The Bertz CT molecular complexity index is 809. The van der Waals surface area contributed by atoms with Crippen molar-refractivity contribution in [2.24, 2.45) is 0 Å². The van der Waals surface area contributed by atoms with Gasteiger partial charge in [-0.25, -0.2) is 0 Å². The number of hydrogen-bond acceptors (Lipinski definition) is 4. The summed E-state index contributed by atoms with van der Waals surface area (Å²) < 4.78 is 10.5. The van der Waals surface area contributed by atoms with Crippen LogP contribution in [0.1, 0.15) is 42.1 Å². The zero-order valence-electron chi connectivity index (χ0n) is 14.3. The zero-order valence-corrected chi connectivity index (χ0v) is 14.3. The van der Waals surface area contributed by atoms with Crippen LogP contribution in [0.15, 0.2) is 30.5 Å². The number of aryl methyl sites for hydroxylation is 2. The van der Waals surface area contributed by atoms with Crippen molar-refractivity contribution < 1.29 is 14.3 Å². The summed E-state index contributed by atoms with van der Waals surface area (Å²) in [5.41, 5.74) is 5.85. The van der Waals surface area contributed by atoms with Crippen LogP contribution in [0.25, 0.3) is 11.6 Å². The lowest BCUT2D eigenvalue weighted by Gasteiger charge is -2.18. The van der Waals surface area contributed by atoms with Gasteiger partial charge >= 0.3 is 5.97 Å². The SMILES string of the molecule is COc1cc(/C=C2\CCCc3cc(C)cnc32)ccc1OC(C)=O. The average Bonchev–Trinajstić information content (AvgIpc) is 2.55. The minimum absolute atomic E-state index is 0.361. The number of aromatic nitrogens is 1. The Hall–Kier alpha value is -2.62. The lowest BCUT2D eigenvalue weighted by Crippen LogP contribution is -2.05. The summed E-state index contributed by atoms with van der Waals surface area (Å²) in [5.74, 6) is 0.623. The van der Waals surface area contributed by atoms with E-state index in [2.05, 4.69) is 24.1 Å². The van der Waals surface area contributed by atoms with Gasteiger partial charge in [0.1, 0.15) is 0 Å². The lowest BCUT2D eigenvalue weighted by molar-refractivity contribution is -0.132. The van der Waals surface area contributed by atoms with Crippen LogP contribution in [0.4, 0.5) is 0 Å². The lowest BCUT2D eigenvalue weighted by atomic mass is 9.89. The number of allylic oxidation sites excluding steroid dienone is 1. The number of ether oxygens (including phenoxy) is 2. The van der Waals surface area contributed by atoms with E-state index < -0.39 is 0 Å². The maximum atomic E-state index is 11.1. The van der Waals surface area contributed by atoms with Crippen molar-refractivity contribution in [3.8, 4) is 11.5 Å². The quantitative estimate of drug-likeness (QED) is 0.627. The Kier molecular flexibility index (Phi) is 4.65. The summed E-state index contributed by atoms with van der Waals surface area (Å²) in [4.78, 5) is 15.8. The van der Waals surface area contributed by atoms with Gasteiger partial charge in [-0.3, -0.25) is 9.78 Å². The number of methoxy groups -OCH3 is 1. The van der Waals surface area contributed by atoms with Gasteiger partial charge in [0.15, 0.2) is 11.5 Å². The molecule has 4 heteroatoms. The van der Waals surface area contributed by atoms with Crippen molar-refractivity contribution in [2.75, 3.05) is 7.11 Å². The predicted molar refractivity (Wildman–Crippen MR) is 94.1 cm³/mol. The van der Waals surface area contributed by atoms with E-state index in [4.69, 9.17) is 9.47 Å². The molecule has 0 N–H and O–H groups in total. The molecule has 0 spiro atoms. The summed E-state index contributed by atoms with van der Waals surface area (Å²) in [6, 6.07) is 7.79. The van der Waals surface area contributed by atoms with Crippen molar-refractivity contribution in [3.63, 3.8) is 0 Å². The van der Waals surface area contributed by atoms with Crippen molar-refractivity contribution in [1.82, 2.24) is 4.98 Å². The van der Waals surface area contributed by atoms with Crippen molar-refractivity contribution >= 4 is 17.6 Å².